The maximum absolute atomic E-state index is 8.58. The van der Waals surface area contributed by atoms with Crippen LogP contribution in [0.5, 0.6) is 0 Å². The van der Waals surface area contributed by atoms with Crippen molar-refractivity contribution < 1.29 is 38.5 Å². The Labute approximate surface area is 160 Å². The van der Waals surface area contributed by atoms with Crippen molar-refractivity contribution in [2.24, 2.45) is 0 Å². The molecular formula is C12Mn3N12. The SMILES string of the molecule is N#[C][Mn-]([C]#N)([C]#N)([C]#N)([C]#N)[C]#N.N#[C][Mn-]([C]#N)([C]#N)([C]#N)([C]#N)[C]#N.[Mn+2]. The third-order valence-electron chi connectivity index (χ3n) is 2.54. The summed E-state index contributed by atoms with van der Waals surface area (Å²) >= 11 is 0. The molecule has 0 amide bonds. The summed E-state index contributed by atoms with van der Waals surface area (Å²) in [4.78, 5) is 12.5. The molecule has 0 aliphatic rings. The van der Waals surface area contributed by atoms with Crippen LogP contribution in [0, 0.1) is 123 Å². The van der Waals surface area contributed by atoms with Crippen molar-refractivity contribution >= 4 is 0 Å². The first-order chi connectivity index (χ1) is 11.9. The van der Waals surface area contributed by atoms with Crippen molar-refractivity contribution in [3.63, 3.8) is 0 Å². The molecule has 0 unspecified atom stereocenters. The quantitative estimate of drug-likeness (QED) is 0.423. The second kappa shape index (κ2) is 6.39. The van der Waals surface area contributed by atoms with Gasteiger partial charge in [0, 0.05) is 0 Å². The molecule has 0 N–H and O–H groups in total. The molecule has 0 saturated heterocycles. The molecule has 27 heavy (non-hydrogen) atoms. The molecule has 12 nitrogen and oxygen atoms in total. The van der Waals surface area contributed by atoms with Gasteiger partial charge in [-0.15, -0.1) is 0 Å². The molecule has 0 spiro atoms. The van der Waals surface area contributed by atoms with Crippen LogP contribution in [0.15, 0.2) is 0 Å². The Morgan fingerprint density at radius 3 is 0.333 bits per heavy atom. The fraction of sp³-hybridized carbons (Fsp3) is 0. The van der Waals surface area contributed by atoms with E-state index >= 15 is 0 Å². The molecule has 0 aromatic rings. The van der Waals surface area contributed by atoms with Crippen LogP contribution in [0.3, 0.4) is 0 Å². The summed E-state index contributed by atoms with van der Waals surface area (Å²) < 4.78 is 0. The second-order valence-electron chi connectivity index (χ2n) is 3.85. The van der Waals surface area contributed by atoms with Crippen LogP contribution in [-0.2, 0) is 38.5 Å². The van der Waals surface area contributed by atoms with Gasteiger partial charge in [0.2, 0.25) is 0 Å². The van der Waals surface area contributed by atoms with Crippen molar-refractivity contribution in [2.75, 3.05) is 0 Å². The van der Waals surface area contributed by atoms with Crippen LogP contribution in [0.1, 0.15) is 0 Å². The van der Waals surface area contributed by atoms with Gasteiger partial charge in [0.05, 0.1) is 0 Å². The normalized spacial score (nSPS) is 12.9. The maximum Gasteiger partial charge on any atom is 2.00 e. The smallest absolute Gasteiger partial charge is 2.00 e. The molecule has 0 atom stereocenters. The van der Waals surface area contributed by atoms with E-state index in [0.29, 0.717) is 0 Å². The molecule has 0 fully saturated rings. The summed E-state index contributed by atoms with van der Waals surface area (Å²) in [6, 6.07) is 0. The van der Waals surface area contributed by atoms with Crippen molar-refractivity contribution in [1.82, 2.24) is 0 Å². The van der Waals surface area contributed by atoms with E-state index in [2.05, 4.69) is 0 Å². The van der Waals surface area contributed by atoms with Gasteiger partial charge in [-0.2, -0.15) is 0 Å². The monoisotopic (exact) mass is 477 g/mol. The zero-order valence-electron chi connectivity index (χ0n) is 12.5. The molecule has 0 aromatic heterocycles. The first kappa shape index (κ1) is 27.3. The van der Waals surface area contributed by atoms with Crippen LogP contribution in [0.25, 0.3) is 0 Å². The Kier molecular flexibility index (Phi) is 6.46. The second-order valence-corrected chi connectivity index (χ2v) is 15.9. The predicted molar refractivity (Wildman–Crippen MR) is 67.4 cm³/mol. The third kappa shape index (κ3) is 2.64. The summed E-state index contributed by atoms with van der Waals surface area (Å²) in [5.41, 5.74) is 0. The van der Waals surface area contributed by atoms with Crippen LogP contribution in [0.4, 0.5) is 0 Å². The van der Waals surface area contributed by atoms with Gasteiger partial charge in [0.25, 0.3) is 0 Å². The molecule has 0 bridgehead atoms. The van der Waals surface area contributed by atoms with Gasteiger partial charge in [-0.25, -0.2) is 0 Å². The summed E-state index contributed by atoms with van der Waals surface area (Å²) in [6.45, 7) is 0. The minimum atomic E-state index is -6.30. The molecular weight excluding hydrogens is 477 g/mol. The molecule has 0 saturated carbocycles. The van der Waals surface area contributed by atoms with E-state index in [0.717, 1.165) is 59.6 Å². The Morgan fingerprint density at radius 2 is 0.333 bits per heavy atom. The summed E-state index contributed by atoms with van der Waals surface area (Å²) in [7, 11) is -12.6. The minimum absolute atomic E-state index is 0. The molecule has 129 valence electrons. The molecule has 1 radical (unpaired) electrons. The molecule has 0 heterocycles. The van der Waals surface area contributed by atoms with E-state index in [1.165, 1.54) is 0 Å². The maximum atomic E-state index is 8.58. The predicted octanol–water partition coefficient (Wildman–Crippen LogP) is 0.194. The van der Waals surface area contributed by atoms with Gasteiger partial charge in [0.15, 0.2) is 0 Å². The van der Waals surface area contributed by atoms with Crippen molar-refractivity contribution in [3.05, 3.63) is 0 Å². The van der Waals surface area contributed by atoms with Gasteiger partial charge in [-0.1, -0.05) is 0 Å². The Morgan fingerprint density at radius 1 is 0.259 bits per heavy atom. The minimum Gasteiger partial charge on any atom is 2.00 e. The van der Waals surface area contributed by atoms with E-state index in [1.807, 2.05) is 0 Å². The van der Waals surface area contributed by atoms with Gasteiger partial charge >= 0.3 is 161 Å². The average molecular weight is 477 g/mol. The van der Waals surface area contributed by atoms with E-state index in [-0.39, 0.29) is 17.1 Å². The molecule has 0 aliphatic heterocycles. The zero-order chi connectivity index (χ0) is 21.3. The number of nitriles is 12. The van der Waals surface area contributed by atoms with E-state index < -0.39 is 21.5 Å². The summed E-state index contributed by atoms with van der Waals surface area (Å²) in [6.07, 6.45) is 0. The number of rotatable bonds is 0. The number of nitrogens with zero attached hydrogens (tertiary/aromatic N) is 12. The summed E-state index contributed by atoms with van der Waals surface area (Å²) in [5.74, 6) is 0. The zero-order valence-corrected chi connectivity index (χ0v) is 16.0. The van der Waals surface area contributed by atoms with Crippen molar-refractivity contribution in [3.8, 4) is 59.6 Å². The third-order valence-corrected chi connectivity index (χ3v) is 10.5. The van der Waals surface area contributed by atoms with Gasteiger partial charge in [-0.05, 0) is 0 Å². The number of hydrogen-bond acceptors (Lipinski definition) is 12. The fourth-order valence-electron chi connectivity index (χ4n) is 0.567. The average Bonchev–Trinajstić information content (AvgIpc) is 2.77. The van der Waals surface area contributed by atoms with Gasteiger partial charge < -0.3 is 0 Å². The van der Waals surface area contributed by atoms with Crippen LogP contribution in [0.2, 0.25) is 0 Å². The van der Waals surface area contributed by atoms with E-state index in [1.54, 1.807) is 0 Å². The Hall–Kier alpha value is -4.56. The van der Waals surface area contributed by atoms with Gasteiger partial charge in [0.1, 0.15) is 0 Å². The first-order valence-corrected chi connectivity index (χ1v) is 12.0. The van der Waals surface area contributed by atoms with E-state index in [9.17, 15) is 0 Å². The first-order valence-electron chi connectivity index (χ1n) is 4.95. The van der Waals surface area contributed by atoms with Crippen LogP contribution < -0.4 is 0 Å². The van der Waals surface area contributed by atoms with Crippen molar-refractivity contribution in [1.29, 1.82) is 63.1 Å². The van der Waals surface area contributed by atoms with E-state index in [4.69, 9.17) is 63.1 Å². The Bertz CT molecular complexity index is 879. The van der Waals surface area contributed by atoms with Crippen molar-refractivity contribution in [2.45, 2.75) is 0 Å². The largest absolute Gasteiger partial charge is 2.00 e. The molecule has 0 aliphatic carbocycles. The summed E-state index contributed by atoms with van der Waals surface area (Å²) in [5, 5.41) is 103. The number of hydrogen-bond donors (Lipinski definition) is 0. The molecule has 0 aromatic carbocycles. The fourth-order valence-corrected chi connectivity index (χ4v) is 2.34. The van der Waals surface area contributed by atoms with Crippen LogP contribution in [-0.4, -0.2) is 0 Å². The standard InChI is InChI=1S/12CN.3Mn/c12*1-2;;;/q;;;;;;;;;;;;2*-1;+2. The van der Waals surface area contributed by atoms with Crippen LogP contribution >= 0.6 is 0 Å². The molecule has 0 rings (SSSR count). The Balaban J connectivity index is -0.000000411. The topological polar surface area (TPSA) is 285 Å². The molecule has 15 heteroatoms. The van der Waals surface area contributed by atoms with Gasteiger partial charge in [-0.3, -0.25) is 0 Å².